The maximum atomic E-state index is 12.1. The highest BCUT2D eigenvalue weighted by Gasteiger charge is 2.17. The van der Waals surface area contributed by atoms with Crippen LogP contribution in [-0.2, 0) is 14.3 Å². The number of Topliss-reactive ketones (excluding diaryl/α,β-unsaturated/α-hetero) is 1. The van der Waals surface area contributed by atoms with Crippen LogP contribution in [0.25, 0.3) is 0 Å². The quantitative estimate of drug-likeness (QED) is 0.611. The molecule has 0 aliphatic carbocycles. The number of methoxy groups -OCH3 is 1. The lowest BCUT2D eigenvalue weighted by molar-refractivity contribution is -0.136. The molecule has 0 atom stereocenters. The first kappa shape index (κ1) is 25.2. The van der Waals surface area contributed by atoms with Crippen molar-refractivity contribution in [3.8, 4) is 0 Å². The number of rotatable bonds is 6. The van der Waals surface area contributed by atoms with Gasteiger partial charge in [-0.05, 0) is 25.1 Å². The Kier molecular flexibility index (Phi) is 10.7. The lowest BCUT2D eigenvalue weighted by Crippen LogP contribution is -2.38. The van der Waals surface area contributed by atoms with Gasteiger partial charge in [-0.1, -0.05) is 18.5 Å². The molecule has 1 rings (SSSR count). The van der Waals surface area contributed by atoms with Gasteiger partial charge in [0.15, 0.2) is 0 Å². The third-order valence-electron chi connectivity index (χ3n) is 3.16. The number of alkyl halides is 2. The highest BCUT2D eigenvalue weighted by atomic mass is 35.5. The Morgan fingerprint density at radius 3 is 2.25 bits per heavy atom. The molecule has 156 valence electrons. The minimum Gasteiger partial charge on any atom is -0.453 e. The number of carbonyl (C=O) groups is 4. The van der Waals surface area contributed by atoms with E-state index in [2.05, 4.69) is 20.7 Å². The Bertz CT molecular complexity index is 723. The summed E-state index contributed by atoms with van der Waals surface area (Å²) in [5.41, 5.74) is 0.184. The molecule has 11 heteroatoms. The molecule has 0 saturated carbocycles. The molecular formula is C17H22ClF2N3O5. The first-order chi connectivity index (χ1) is 12.9. The monoisotopic (exact) mass is 421 g/mol. The van der Waals surface area contributed by atoms with Gasteiger partial charge in [0.1, 0.15) is 0 Å². The van der Waals surface area contributed by atoms with E-state index in [0.717, 1.165) is 6.92 Å². The summed E-state index contributed by atoms with van der Waals surface area (Å²) in [4.78, 5) is 45.7. The van der Waals surface area contributed by atoms with Gasteiger partial charge in [-0.15, -0.1) is 0 Å². The third-order valence-corrected chi connectivity index (χ3v) is 3.39. The summed E-state index contributed by atoms with van der Waals surface area (Å²) >= 11 is 5.81. The fraction of sp³-hybridized carbons (Fsp3) is 0.412. The molecule has 0 saturated heterocycles. The van der Waals surface area contributed by atoms with Crippen molar-refractivity contribution in [2.24, 2.45) is 0 Å². The highest BCUT2D eigenvalue weighted by molar-refractivity contribution is 6.37. The van der Waals surface area contributed by atoms with E-state index >= 15 is 0 Å². The second-order valence-corrected chi connectivity index (χ2v) is 5.85. The Labute approximate surface area is 165 Å². The average molecular weight is 422 g/mol. The van der Waals surface area contributed by atoms with Crippen LogP contribution in [0.4, 0.5) is 19.3 Å². The van der Waals surface area contributed by atoms with Crippen molar-refractivity contribution >= 4 is 41.0 Å². The van der Waals surface area contributed by atoms with Crippen molar-refractivity contribution < 1.29 is 32.7 Å². The Morgan fingerprint density at radius 2 is 1.79 bits per heavy atom. The van der Waals surface area contributed by atoms with Crippen LogP contribution >= 0.6 is 11.6 Å². The Balaban J connectivity index is 0.00000105. The zero-order valence-corrected chi connectivity index (χ0v) is 16.6. The molecule has 0 unspecified atom stereocenters. The van der Waals surface area contributed by atoms with Crippen molar-refractivity contribution in [1.82, 2.24) is 10.6 Å². The molecule has 28 heavy (non-hydrogen) atoms. The zero-order chi connectivity index (χ0) is 21.9. The van der Waals surface area contributed by atoms with E-state index in [9.17, 15) is 28.0 Å². The molecule has 0 radical (unpaired) electrons. The van der Waals surface area contributed by atoms with Crippen LogP contribution < -0.4 is 16.0 Å². The first-order valence-corrected chi connectivity index (χ1v) is 8.38. The van der Waals surface area contributed by atoms with Crippen molar-refractivity contribution in [2.45, 2.75) is 26.2 Å². The van der Waals surface area contributed by atoms with Crippen molar-refractivity contribution in [2.75, 3.05) is 26.0 Å². The standard InChI is InChI=1S/C13H14ClN3O5.C4H8F2/c1-15-12(20)10(18)6-16-11(19)8-5-7(14)3-4-9(8)17-13(21)22-2;1-3-4(2,5)6/h3-5H,6H2,1-2H3,(H,15,20)(H,16,19)(H,17,21);3H2,1-2H3. The van der Waals surface area contributed by atoms with Crippen LogP contribution in [0.2, 0.25) is 5.02 Å². The van der Waals surface area contributed by atoms with Crippen LogP contribution in [0.1, 0.15) is 30.6 Å². The summed E-state index contributed by atoms with van der Waals surface area (Å²) in [7, 11) is 2.48. The van der Waals surface area contributed by atoms with Gasteiger partial charge >= 0.3 is 6.09 Å². The number of amides is 3. The fourth-order valence-corrected chi connectivity index (χ4v) is 1.62. The third kappa shape index (κ3) is 9.81. The number of hydrogen-bond donors (Lipinski definition) is 3. The minimum atomic E-state index is -2.46. The maximum Gasteiger partial charge on any atom is 0.411 e. The van der Waals surface area contributed by atoms with E-state index in [1.165, 1.54) is 39.3 Å². The summed E-state index contributed by atoms with van der Waals surface area (Å²) in [5, 5.41) is 7.03. The molecule has 0 fully saturated rings. The van der Waals surface area contributed by atoms with Gasteiger partial charge in [-0.2, -0.15) is 0 Å². The van der Waals surface area contributed by atoms with Gasteiger partial charge in [0.2, 0.25) is 11.7 Å². The summed E-state index contributed by atoms with van der Waals surface area (Å²) in [5.74, 6) is -4.76. The average Bonchev–Trinajstić information content (AvgIpc) is 2.66. The normalized spacial score (nSPS) is 10.1. The van der Waals surface area contributed by atoms with Crippen LogP contribution in [0, 0.1) is 0 Å². The first-order valence-electron chi connectivity index (χ1n) is 8.00. The lowest BCUT2D eigenvalue weighted by Gasteiger charge is -2.11. The van der Waals surface area contributed by atoms with E-state index in [4.69, 9.17) is 11.6 Å². The molecule has 0 heterocycles. The van der Waals surface area contributed by atoms with Gasteiger partial charge in [-0.25, -0.2) is 13.6 Å². The smallest absolute Gasteiger partial charge is 0.411 e. The topological polar surface area (TPSA) is 114 Å². The number of anilines is 1. The minimum absolute atomic E-state index is 0.0302. The van der Waals surface area contributed by atoms with Crippen LogP contribution in [0.15, 0.2) is 18.2 Å². The maximum absolute atomic E-state index is 12.1. The predicted molar refractivity (Wildman–Crippen MR) is 99.8 cm³/mol. The van der Waals surface area contributed by atoms with Crippen LogP contribution in [0.3, 0.4) is 0 Å². The molecule has 0 aliphatic heterocycles. The van der Waals surface area contributed by atoms with Gasteiger partial charge < -0.3 is 15.4 Å². The molecule has 3 amide bonds. The molecular weight excluding hydrogens is 400 g/mol. The van der Waals surface area contributed by atoms with E-state index in [-0.39, 0.29) is 22.7 Å². The predicted octanol–water partition coefficient (Wildman–Crippen LogP) is 2.61. The number of carbonyl (C=O) groups excluding carboxylic acids is 4. The number of hydrogen-bond acceptors (Lipinski definition) is 5. The van der Waals surface area contributed by atoms with Gasteiger partial charge in [-0.3, -0.25) is 19.7 Å². The van der Waals surface area contributed by atoms with Crippen molar-refractivity contribution in [1.29, 1.82) is 0 Å². The van der Waals surface area contributed by atoms with Crippen LogP contribution in [-0.4, -0.2) is 50.3 Å². The van der Waals surface area contributed by atoms with E-state index < -0.39 is 36.2 Å². The molecule has 8 nitrogen and oxygen atoms in total. The number of likely N-dealkylation sites (N-methyl/N-ethyl adjacent to an activating group) is 1. The highest BCUT2D eigenvalue weighted by Crippen LogP contribution is 2.21. The molecule has 3 N–H and O–H groups in total. The molecule has 0 bridgehead atoms. The summed E-state index contributed by atoms with van der Waals surface area (Å²) in [6.07, 6.45) is -0.828. The summed E-state index contributed by atoms with van der Waals surface area (Å²) in [6.45, 7) is 1.88. The van der Waals surface area contributed by atoms with E-state index in [1.807, 2.05) is 0 Å². The fourth-order valence-electron chi connectivity index (χ4n) is 1.45. The number of nitrogens with one attached hydrogen (secondary N) is 3. The molecule has 0 spiro atoms. The number of halogens is 3. The van der Waals surface area contributed by atoms with Gasteiger partial charge in [0.05, 0.1) is 24.9 Å². The molecule has 0 aromatic heterocycles. The van der Waals surface area contributed by atoms with E-state index in [0.29, 0.717) is 0 Å². The zero-order valence-electron chi connectivity index (χ0n) is 15.8. The summed E-state index contributed by atoms with van der Waals surface area (Å²) in [6, 6.07) is 4.20. The number of ether oxygens (including phenoxy) is 1. The largest absolute Gasteiger partial charge is 0.453 e. The lowest BCUT2D eigenvalue weighted by atomic mass is 10.1. The molecule has 1 aromatic rings. The van der Waals surface area contributed by atoms with Crippen molar-refractivity contribution in [3.05, 3.63) is 28.8 Å². The van der Waals surface area contributed by atoms with E-state index in [1.54, 1.807) is 0 Å². The number of ketones is 1. The van der Waals surface area contributed by atoms with Crippen molar-refractivity contribution in [3.63, 3.8) is 0 Å². The Hall–Kier alpha value is -2.75. The molecule has 1 aromatic carbocycles. The summed E-state index contributed by atoms with van der Waals surface area (Å²) < 4.78 is 27.3. The van der Waals surface area contributed by atoms with Gasteiger partial charge in [0.25, 0.3) is 11.8 Å². The number of benzene rings is 1. The SMILES string of the molecule is CCC(C)(F)F.CNC(=O)C(=O)CNC(=O)c1cc(Cl)ccc1NC(=O)OC. The molecule has 0 aliphatic rings. The Morgan fingerprint density at radius 1 is 1.21 bits per heavy atom. The second-order valence-electron chi connectivity index (χ2n) is 5.42. The van der Waals surface area contributed by atoms with Gasteiger partial charge in [0, 0.05) is 18.5 Å². The second kappa shape index (κ2) is 11.9. The van der Waals surface area contributed by atoms with Crippen LogP contribution in [0.5, 0.6) is 0 Å².